The van der Waals surface area contributed by atoms with Crippen LogP contribution in [0, 0.1) is 23.0 Å². The molecule has 1 aliphatic heterocycles. The van der Waals surface area contributed by atoms with Gasteiger partial charge < -0.3 is 14.5 Å². The molecule has 4 aromatic rings. The van der Waals surface area contributed by atoms with Crippen LogP contribution in [-0.4, -0.2) is 57.2 Å². The Hall–Kier alpha value is -3.81. The number of aromatic nitrogens is 3. The number of anilines is 1. The molecule has 5 rings (SSSR count). The number of ether oxygens (including phenoxy) is 1. The van der Waals surface area contributed by atoms with Crippen molar-refractivity contribution in [3.05, 3.63) is 58.5 Å². The van der Waals surface area contributed by atoms with Gasteiger partial charge in [0.05, 0.1) is 28.9 Å². The molecule has 0 radical (unpaired) electrons. The lowest BCUT2D eigenvalue weighted by Gasteiger charge is -2.41. The zero-order chi connectivity index (χ0) is 28.8. The first-order valence-corrected chi connectivity index (χ1v) is 13.2. The van der Waals surface area contributed by atoms with E-state index in [1.165, 1.54) is 17.2 Å². The molecule has 1 aliphatic rings. The van der Waals surface area contributed by atoms with Gasteiger partial charge in [0.1, 0.15) is 28.4 Å². The van der Waals surface area contributed by atoms with Crippen LogP contribution in [0.15, 0.2) is 36.5 Å². The van der Waals surface area contributed by atoms with E-state index < -0.39 is 29.4 Å². The van der Waals surface area contributed by atoms with Crippen LogP contribution in [0.1, 0.15) is 27.2 Å². The number of pyridine rings is 1. The summed E-state index contributed by atoms with van der Waals surface area (Å²) in [6.07, 6.45) is 0.979. The smallest absolute Gasteiger partial charge is 0.410 e. The van der Waals surface area contributed by atoms with E-state index in [9.17, 15) is 14.4 Å². The number of nitriles is 1. The van der Waals surface area contributed by atoms with Crippen LogP contribution < -0.4 is 4.90 Å². The topological polar surface area (TPSA) is 95.2 Å². The van der Waals surface area contributed by atoms with Gasteiger partial charge in [-0.3, -0.25) is 4.98 Å². The highest BCUT2D eigenvalue weighted by Gasteiger charge is 2.35. The first-order valence-electron chi connectivity index (χ1n) is 12.5. The summed E-state index contributed by atoms with van der Waals surface area (Å²) in [5.41, 5.74) is -0.528. The van der Waals surface area contributed by atoms with E-state index in [0.29, 0.717) is 34.1 Å². The van der Waals surface area contributed by atoms with Crippen molar-refractivity contribution < 1.29 is 18.3 Å². The molecule has 0 N–H and O–H groups in total. The number of nitrogens with zero attached hydrogens (tertiary/aromatic N) is 6. The number of rotatable bonds is 3. The first kappa shape index (κ1) is 27.7. The van der Waals surface area contributed by atoms with Crippen molar-refractivity contribution in [2.45, 2.75) is 38.8 Å². The van der Waals surface area contributed by atoms with E-state index in [-0.39, 0.29) is 41.0 Å². The second-order valence-electron chi connectivity index (χ2n) is 10.4. The third-order valence-electron chi connectivity index (χ3n) is 6.56. The Labute approximate surface area is 239 Å². The summed E-state index contributed by atoms with van der Waals surface area (Å²) in [6.45, 7) is 6.12. The summed E-state index contributed by atoms with van der Waals surface area (Å²) in [5.74, 6) is -1.08. The molecule has 1 atom stereocenters. The Morgan fingerprint density at radius 3 is 2.67 bits per heavy atom. The van der Waals surface area contributed by atoms with Crippen LogP contribution in [0.25, 0.3) is 32.9 Å². The predicted octanol–water partition coefficient (Wildman–Crippen LogP) is 6.77. The third-order valence-corrected chi connectivity index (χ3v) is 7.10. The van der Waals surface area contributed by atoms with E-state index >= 15 is 4.39 Å². The lowest BCUT2D eigenvalue weighted by atomic mass is 10.0. The highest BCUT2D eigenvalue weighted by Crippen LogP contribution is 2.38. The van der Waals surface area contributed by atoms with Crippen molar-refractivity contribution in [1.29, 1.82) is 5.26 Å². The maximum atomic E-state index is 16.1. The Morgan fingerprint density at radius 2 is 1.95 bits per heavy atom. The number of carbonyl (C=O) groups is 1. The largest absolute Gasteiger partial charge is 0.444 e. The molecule has 40 heavy (non-hydrogen) atoms. The fraction of sp³-hybridized carbons (Fsp3) is 0.321. The molecule has 206 valence electrons. The Balaban J connectivity index is 1.56. The van der Waals surface area contributed by atoms with Gasteiger partial charge in [0.15, 0.2) is 5.82 Å². The Kier molecular flexibility index (Phi) is 7.38. The fourth-order valence-electron chi connectivity index (χ4n) is 4.84. The minimum atomic E-state index is -0.767. The molecule has 1 saturated heterocycles. The van der Waals surface area contributed by atoms with Gasteiger partial charge in [-0.2, -0.15) is 10.2 Å². The summed E-state index contributed by atoms with van der Waals surface area (Å²) < 4.78 is 35.9. The number of amides is 1. The first-order chi connectivity index (χ1) is 19.0. The molecule has 2 aromatic heterocycles. The third kappa shape index (κ3) is 5.19. The molecule has 0 bridgehead atoms. The van der Waals surface area contributed by atoms with Gasteiger partial charge in [-0.15, -0.1) is 0 Å². The SMILES string of the molecule is CC(C)(C)OC(=O)N1CCN(c2nc(Cl)nc3c(F)c(-c4cccc5ccc(F)c(Cl)c45)ncc23)C[C@@H]1CC#N. The summed E-state index contributed by atoms with van der Waals surface area (Å²) in [6, 6.07) is 9.49. The van der Waals surface area contributed by atoms with Crippen LogP contribution in [0.5, 0.6) is 0 Å². The van der Waals surface area contributed by atoms with Crippen LogP contribution >= 0.6 is 23.2 Å². The number of hydrogen-bond donors (Lipinski definition) is 0. The van der Waals surface area contributed by atoms with Crippen LogP contribution in [-0.2, 0) is 4.74 Å². The van der Waals surface area contributed by atoms with E-state index in [4.69, 9.17) is 27.9 Å². The van der Waals surface area contributed by atoms with Gasteiger partial charge in [0.2, 0.25) is 5.28 Å². The zero-order valence-corrected chi connectivity index (χ0v) is 23.4. The number of fused-ring (bicyclic) bond motifs is 2. The highest BCUT2D eigenvalue weighted by atomic mass is 35.5. The van der Waals surface area contributed by atoms with Crippen LogP contribution in [0.3, 0.4) is 0 Å². The second kappa shape index (κ2) is 10.6. The normalized spacial score (nSPS) is 15.9. The molecule has 0 aliphatic carbocycles. The van der Waals surface area contributed by atoms with E-state index in [1.807, 2.05) is 4.90 Å². The summed E-state index contributed by atoms with van der Waals surface area (Å²) in [5, 5.41) is 10.3. The van der Waals surface area contributed by atoms with Crippen molar-refractivity contribution in [2.24, 2.45) is 0 Å². The monoisotopic (exact) mass is 584 g/mol. The van der Waals surface area contributed by atoms with Gasteiger partial charge in [0, 0.05) is 36.8 Å². The zero-order valence-electron chi connectivity index (χ0n) is 21.9. The minimum Gasteiger partial charge on any atom is -0.444 e. The lowest BCUT2D eigenvalue weighted by Crippen LogP contribution is -2.56. The molecule has 0 saturated carbocycles. The fourth-order valence-corrected chi connectivity index (χ4v) is 5.28. The number of hydrogen-bond acceptors (Lipinski definition) is 7. The van der Waals surface area contributed by atoms with Crippen LogP contribution in [0.2, 0.25) is 10.3 Å². The molecular formula is C28H24Cl2F2N6O2. The number of halogens is 4. The lowest BCUT2D eigenvalue weighted by molar-refractivity contribution is 0.0145. The van der Waals surface area contributed by atoms with Gasteiger partial charge >= 0.3 is 6.09 Å². The predicted molar refractivity (Wildman–Crippen MR) is 149 cm³/mol. The van der Waals surface area contributed by atoms with Crippen molar-refractivity contribution in [3.8, 4) is 17.3 Å². The summed E-state index contributed by atoms with van der Waals surface area (Å²) >= 11 is 12.5. The average Bonchev–Trinajstić information content (AvgIpc) is 2.90. The van der Waals surface area contributed by atoms with E-state index in [1.54, 1.807) is 45.0 Å². The van der Waals surface area contributed by atoms with Crippen LogP contribution in [0.4, 0.5) is 19.4 Å². The average molecular weight is 585 g/mol. The molecule has 1 fully saturated rings. The molecule has 8 nitrogen and oxygen atoms in total. The molecule has 2 aromatic carbocycles. The maximum absolute atomic E-state index is 16.1. The van der Waals surface area contributed by atoms with Gasteiger partial charge in [-0.1, -0.05) is 35.9 Å². The summed E-state index contributed by atoms with van der Waals surface area (Å²) in [4.78, 5) is 29.0. The molecular weight excluding hydrogens is 561 g/mol. The Morgan fingerprint density at radius 1 is 1.18 bits per heavy atom. The van der Waals surface area contributed by atoms with Crippen molar-refractivity contribution in [2.75, 3.05) is 24.5 Å². The molecule has 0 unspecified atom stereocenters. The maximum Gasteiger partial charge on any atom is 0.410 e. The van der Waals surface area contributed by atoms with E-state index in [2.05, 4.69) is 21.0 Å². The second-order valence-corrected chi connectivity index (χ2v) is 11.1. The van der Waals surface area contributed by atoms with Gasteiger partial charge in [-0.05, 0) is 43.8 Å². The molecule has 3 heterocycles. The molecule has 0 spiro atoms. The quantitative estimate of drug-likeness (QED) is 0.245. The molecule has 1 amide bonds. The van der Waals surface area contributed by atoms with Gasteiger partial charge in [-0.25, -0.2) is 18.6 Å². The minimum absolute atomic E-state index is 0.0572. The number of carbonyl (C=O) groups excluding carboxylic acids is 1. The number of piperazine rings is 1. The van der Waals surface area contributed by atoms with E-state index in [0.717, 1.165) is 0 Å². The summed E-state index contributed by atoms with van der Waals surface area (Å²) in [7, 11) is 0. The van der Waals surface area contributed by atoms with Gasteiger partial charge in [0.25, 0.3) is 0 Å². The number of benzene rings is 2. The highest BCUT2D eigenvalue weighted by molar-refractivity contribution is 6.36. The Bertz CT molecular complexity index is 1690. The molecule has 12 heteroatoms. The van der Waals surface area contributed by atoms with Crippen molar-refractivity contribution in [3.63, 3.8) is 0 Å². The standard InChI is InChI=1S/C28H24Cl2F2N6O2/c1-28(2,3)40-27(39)38-12-11-37(14-16(38)9-10-33)25-18-13-34-23(22(32)24(18)35-26(30)36-25)17-6-4-5-15-7-8-19(31)21(29)20(15)17/h4-8,13,16H,9,11-12,14H2,1-3H3/t16-/m0/s1. The van der Waals surface area contributed by atoms with Crippen molar-refractivity contribution >= 4 is 56.8 Å². The van der Waals surface area contributed by atoms with Crippen molar-refractivity contribution in [1.82, 2.24) is 19.9 Å².